The minimum atomic E-state index is -0.991. The number of amides is 2. The second kappa shape index (κ2) is 11.7. The molecule has 0 saturated carbocycles. The molecule has 0 fully saturated rings. The fraction of sp³-hybridized carbons (Fsp3) is 0.393. The molecule has 186 valence electrons. The van der Waals surface area contributed by atoms with Gasteiger partial charge in [0.15, 0.2) is 0 Å². The van der Waals surface area contributed by atoms with E-state index in [4.69, 9.17) is 9.84 Å². The summed E-state index contributed by atoms with van der Waals surface area (Å²) in [5.74, 6) is -1.59. The Bertz CT molecular complexity index is 1060. The number of alkyl carbamates (subject to hydrolysis) is 1. The minimum Gasteiger partial charge on any atom is -0.481 e. The maximum atomic E-state index is 13.0. The van der Waals surface area contributed by atoms with Crippen LogP contribution in [0.5, 0.6) is 0 Å². The summed E-state index contributed by atoms with van der Waals surface area (Å²) in [5.41, 5.74) is 5.48. The number of carboxylic acids is 1. The Labute approximate surface area is 206 Å². The zero-order chi connectivity index (χ0) is 25.5. The van der Waals surface area contributed by atoms with Crippen molar-refractivity contribution in [3.8, 4) is 11.1 Å². The molecule has 1 unspecified atom stereocenters. The molecule has 7 heteroatoms. The number of allylic oxidation sites excluding steroid dienone is 1. The molecule has 7 nitrogen and oxygen atoms in total. The lowest BCUT2D eigenvalue weighted by molar-refractivity contribution is -0.138. The molecule has 0 heterocycles. The highest BCUT2D eigenvalue weighted by Crippen LogP contribution is 2.44. The molecule has 2 atom stereocenters. The van der Waals surface area contributed by atoms with Crippen molar-refractivity contribution in [3.63, 3.8) is 0 Å². The van der Waals surface area contributed by atoms with Gasteiger partial charge in [-0.1, -0.05) is 74.0 Å². The summed E-state index contributed by atoms with van der Waals surface area (Å²) in [6, 6.07) is 14.7. The summed E-state index contributed by atoms with van der Waals surface area (Å²) in [7, 11) is 0. The first-order chi connectivity index (χ1) is 16.7. The fourth-order valence-electron chi connectivity index (χ4n) is 4.29. The van der Waals surface area contributed by atoms with E-state index < -0.39 is 30.1 Å². The molecule has 2 aromatic rings. The summed E-state index contributed by atoms with van der Waals surface area (Å²) in [5, 5.41) is 14.6. The van der Waals surface area contributed by atoms with Crippen LogP contribution >= 0.6 is 0 Å². The van der Waals surface area contributed by atoms with Crippen LogP contribution in [0.3, 0.4) is 0 Å². The monoisotopic (exact) mass is 478 g/mol. The number of carbonyl (C=O) groups is 3. The van der Waals surface area contributed by atoms with Gasteiger partial charge in [0.25, 0.3) is 0 Å². The molecule has 1 aliphatic rings. The van der Waals surface area contributed by atoms with Crippen LogP contribution in [0.15, 0.2) is 60.2 Å². The topological polar surface area (TPSA) is 105 Å². The quantitative estimate of drug-likeness (QED) is 0.423. The van der Waals surface area contributed by atoms with E-state index >= 15 is 0 Å². The molecule has 0 aliphatic heterocycles. The van der Waals surface area contributed by atoms with Gasteiger partial charge in [-0.15, -0.1) is 0 Å². The Morgan fingerprint density at radius 3 is 2.06 bits per heavy atom. The van der Waals surface area contributed by atoms with E-state index in [1.165, 1.54) is 0 Å². The van der Waals surface area contributed by atoms with Gasteiger partial charge >= 0.3 is 12.1 Å². The Morgan fingerprint density at radius 2 is 1.54 bits per heavy atom. The standard InChI is InChI=1S/C28H34N2O5/c1-17(2)13-14-24(27(33)29-25(18(3)4)15-26(31)32)30-28(34)35-16-23-21-11-7-5-9-19(21)20-10-6-8-12-22(20)23/h5-13,18,23-25H,14-16H2,1-4H3,(H,29,33)(H,30,34)(H,31,32)/t24?,25-/m0/s1. The summed E-state index contributed by atoms with van der Waals surface area (Å²) in [6.07, 6.45) is 1.25. The van der Waals surface area contributed by atoms with Crippen LogP contribution in [0.25, 0.3) is 11.1 Å². The highest BCUT2D eigenvalue weighted by Gasteiger charge is 2.30. The number of ether oxygens (including phenoxy) is 1. The number of fused-ring (bicyclic) bond motifs is 3. The number of benzene rings is 2. The van der Waals surface area contributed by atoms with Crippen molar-refractivity contribution in [1.82, 2.24) is 10.6 Å². The fourth-order valence-corrected chi connectivity index (χ4v) is 4.29. The zero-order valence-corrected chi connectivity index (χ0v) is 20.7. The maximum absolute atomic E-state index is 13.0. The third-order valence-corrected chi connectivity index (χ3v) is 6.24. The van der Waals surface area contributed by atoms with E-state index in [1.807, 2.05) is 70.2 Å². The number of nitrogens with one attached hydrogen (secondary N) is 2. The van der Waals surface area contributed by atoms with Gasteiger partial charge in [-0.2, -0.15) is 0 Å². The van der Waals surface area contributed by atoms with Gasteiger partial charge in [0.05, 0.1) is 6.42 Å². The number of aliphatic carboxylic acids is 1. The van der Waals surface area contributed by atoms with E-state index in [2.05, 4.69) is 22.8 Å². The lowest BCUT2D eigenvalue weighted by Gasteiger charge is -2.24. The first-order valence-corrected chi connectivity index (χ1v) is 11.9. The normalized spacial score (nSPS) is 13.9. The van der Waals surface area contributed by atoms with Gasteiger partial charge in [0, 0.05) is 12.0 Å². The summed E-state index contributed by atoms with van der Waals surface area (Å²) >= 11 is 0. The largest absolute Gasteiger partial charge is 0.481 e. The maximum Gasteiger partial charge on any atom is 0.407 e. The Morgan fingerprint density at radius 1 is 0.971 bits per heavy atom. The van der Waals surface area contributed by atoms with Gasteiger partial charge in [-0.3, -0.25) is 9.59 Å². The highest BCUT2D eigenvalue weighted by atomic mass is 16.5. The van der Waals surface area contributed by atoms with Crippen LogP contribution < -0.4 is 10.6 Å². The third kappa shape index (κ3) is 6.72. The molecule has 0 aromatic heterocycles. The van der Waals surface area contributed by atoms with Gasteiger partial charge in [0.2, 0.25) is 5.91 Å². The smallest absolute Gasteiger partial charge is 0.407 e. The molecular weight excluding hydrogens is 444 g/mol. The van der Waals surface area contributed by atoms with Crippen molar-refractivity contribution in [1.29, 1.82) is 0 Å². The molecular formula is C28H34N2O5. The van der Waals surface area contributed by atoms with Crippen LogP contribution in [0.1, 0.15) is 57.6 Å². The van der Waals surface area contributed by atoms with Crippen molar-refractivity contribution in [2.24, 2.45) is 5.92 Å². The second-order valence-electron chi connectivity index (χ2n) is 9.50. The van der Waals surface area contributed by atoms with Crippen molar-refractivity contribution in [2.75, 3.05) is 6.61 Å². The van der Waals surface area contributed by atoms with E-state index in [-0.39, 0.29) is 31.3 Å². The minimum absolute atomic E-state index is 0.0754. The van der Waals surface area contributed by atoms with Crippen LogP contribution in [-0.4, -0.2) is 41.8 Å². The number of carboxylic acid groups (broad SMARTS) is 1. The molecule has 0 radical (unpaired) electrons. The van der Waals surface area contributed by atoms with Gasteiger partial charge in [-0.05, 0) is 48.4 Å². The van der Waals surface area contributed by atoms with Crippen molar-refractivity contribution < 1.29 is 24.2 Å². The van der Waals surface area contributed by atoms with Gasteiger partial charge in [-0.25, -0.2) is 4.79 Å². The van der Waals surface area contributed by atoms with Crippen molar-refractivity contribution in [3.05, 3.63) is 71.3 Å². The Balaban J connectivity index is 1.68. The number of hydrogen-bond acceptors (Lipinski definition) is 4. The van der Waals surface area contributed by atoms with Crippen LogP contribution in [0.4, 0.5) is 4.79 Å². The SMILES string of the molecule is CC(C)=CCC(NC(=O)OCC1c2ccccc2-c2ccccc21)C(=O)N[C@@H](CC(=O)O)C(C)C. The van der Waals surface area contributed by atoms with E-state index in [0.29, 0.717) is 0 Å². The van der Waals surface area contributed by atoms with Gasteiger partial charge in [0.1, 0.15) is 12.6 Å². The van der Waals surface area contributed by atoms with Crippen molar-refractivity contribution in [2.45, 2.75) is 58.5 Å². The molecule has 0 spiro atoms. The summed E-state index contributed by atoms with van der Waals surface area (Å²) in [4.78, 5) is 36.9. The van der Waals surface area contributed by atoms with E-state index in [1.54, 1.807) is 0 Å². The average Bonchev–Trinajstić information content (AvgIpc) is 3.13. The second-order valence-corrected chi connectivity index (χ2v) is 9.50. The molecule has 0 saturated heterocycles. The number of rotatable bonds is 10. The van der Waals surface area contributed by atoms with Gasteiger partial charge < -0.3 is 20.5 Å². The summed E-state index contributed by atoms with van der Waals surface area (Å²) in [6.45, 7) is 7.65. The Hall–Kier alpha value is -3.61. The van der Waals surface area contributed by atoms with E-state index in [9.17, 15) is 14.4 Å². The Kier molecular flexibility index (Phi) is 8.68. The van der Waals surface area contributed by atoms with Crippen molar-refractivity contribution >= 4 is 18.0 Å². The first-order valence-electron chi connectivity index (χ1n) is 11.9. The molecule has 35 heavy (non-hydrogen) atoms. The average molecular weight is 479 g/mol. The predicted octanol–water partition coefficient (Wildman–Crippen LogP) is 4.87. The number of hydrogen-bond donors (Lipinski definition) is 3. The zero-order valence-electron chi connectivity index (χ0n) is 20.7. The molecule has 0 bridgehead atoms. The van der Waals surface area contributed by atoms with Crippen LogP contribution in [0.2, 0.25) is 0 Å². The lowest BCUT2D eigenvalue weighted by Crippen LogP contribution is -2.51. The highest BCUT2D eigenvalue weighted by molar-refractivity contribution is 5.86. The van der Waals surface area contributed by atoms with Crippen LogP contribution in [-0.2, 0) is 14.3 Å². The molecule has 2 aromatic carbocycles. The lowest BCUT2D eigenvalue weighted by atomic mass is 9.98. The molecule has 3 rings (SSSR count). The van der Waals surface area contributed by atoms with Crippen LogP contribution in [0, 0.1) is 5.92 Å². The predicted molar refractivity (Wildman–Crippen MR) is 135 cm³/mol. The third-order valence-electron chi connectivity index (χ3n) is 6.24. The van der Waals surface area contributed by atoms with E-state index in [0.717, 1.165) is 27.8 Å². The summed E-state index contributed by atoms with van der Waals surface area (Å²) < 4.78 is 5.60. The molecule has 2 amide bonds. The first kappa shape index (κ1) is 26.0. The molecule has 3 N–H and O–H groups in total. The molecule has 1 aliphatic carbocycles. The number of carbonyl (C=O) groups excluding carboxylic acids is 2.